The van der Waals surface area contributed by atoms with E-state index in [-0.39, 0.29) is 17.9 Å². The minimum absolute atomic E-state index is 0.0143. The van der Waals surface area contributed by atoms with E-state index in [1.165, 1.54) is 17.4 Å². The highest BCUT2D eigenvalue weighted by Crippen LogP contribution is 2.38. The number of aryl methyl sites for hydroxylation is 1. The molecule has 8 heteroatoms. The maximum Gasteiger partial charge on any atom is 0.202 e. The number of methoxy groups -OCH3 is 1. The summed E-state index contributed by atoms with van der Waals surface area (Å²) in [5.74, 6) is -2.14. The summed E-state index contributed by atoms with van der Waals surface area (Å²) in [5, 5.41) is 0.546. The van der Waals surface area contributed by atoms with Gasteiger partial charge in [0.1, 0.15) is 10.5 Å². The Bertz CT molecular complexity index is 1190. The van der Waals surface area contributed by atoms with Crippen molar-refractivity contribution >= 4 is 32.6 Å². The molecule has 0 aliphatic rings. The molecule has 0 atom stereocenters. The molecule has 2 heterocycles. The van der Waals surface area contributed by atoms with Crippen LogP contribution in [0.5, 0.6) is 5.75 Å². The van der Waals surface area contributed by atoms with Crippen LogP contribution in [0.4, 0.5) is 8.78 Å². The van der Waals surface area contributed by atoms with E-state index in [9.17, 15) is 8.78 Å². The SMILES string of the molecule is CCOc1cc2sc(-c3cc(C)cc4nc(COC)cnc34)nc2c(F)c1F. The van der Waals surface area contributed by atoms with E-state index in [2.05, 4.69) is 15.0 Å². The summed E-state index contributed by atoms with van der Waals surface area (Å²) >= 11 is 1.26. The van der Waals surface area contributed by atoms with Crippen molar-refractivity contribution in [3.05, 3.63) is 47.3 Å². The van der Waals surface area contributed by atoms with Gasteiger partial charge in [0.25, 0.3) is 0 Å². The Kier molecular flexibility index (Phi) is 4.91. The van der Waals surface area contributed by atoms with E-state index in [4.69, 9.17) is 9.47 Å². The van der Waals surface area contributed by atoms with Crippen molar-refractivity contribution in [3.63, 3.8) is 0 Å². The standard InChI is InChI=1S/C20H17F2N3O2S/c1-4-27-14-7-15-19(17(22)16(14)21)25-20(28-15)12-5-10(2)6-13-18(12)23-8-11(24-13)9-26-3/h5-8H,4,9H2,1-3H3. The first-order valence-electron chi connectivity index (χ1n) is 8.68. The summed E-state index contributed by atoms with van der Waals surface area (Å²) in [6, 6.07) is 5.33. The highest BCUT2D eigenvalue weighted by atomic mass is 32.1. The van der Waals surface area contributed by atoms with Gasteiger partial charge >= 0.3 is 0 Å². The largest absolute Gasteiger partial charge is 0.491 e. The molecule has 0 radical (unpaired) electrons. The van der Waals surface area contributed by atoms with Crippen molar-refractivity contribution in [2.75, 3.05) is 13.7 Å². The monoisotopic (exact) mass is 401 g/mol. The number of aromatic nitrogens is 3. The molecular formula is C20H17F2N3O2S. The zero-order valence-corrected chi connectivity index (χ0v) is 16.4. The molecular weight excluding hydrogens is 384 g/mol. The topological polar surface area (TPSA) is 57.1 Å². The number of hydrogen-bond acceptors (Lipinski definition) is 6. The first-order valence-corrected chi connectivity index (χ1v) is 9.50. The van der Waals surface area contributed by atoms with Crippen LogP contribution < -0.4 is 4.74 Å². The van der Waals surface area contributed by atoms with Gasteiger partial charge in [-0.1, -0.05) is 0 Å². The van der Waals surface area contributed by atoms with Crippen molar-refractivity contribution < 1.29 is 18.3 Å². The zero-order valence-electron chi connectivity index (χ0n) is 15.5. The molecule has 0 bridgehead atoms. The summed E-state index contributed by atoms with van der Waals surface area (Å²) in [6.07, 6.45) is 1.64. The molecule has 0 aliphatic heterocycles. The lowest BCUT2D eigenvalue weighted by molar-refractivity contribution is 0.181. The van der Waals surface area contributed by atoms with Crippen LogP contribution in [0, 0.1) is 18.6 Å². The number of halogens is 2. The molecule has 0 N–H and O–H groups in total. The van der Waals surface area contributed by atoms with Gasteiger partial charge in [0.2, 0.25) is 5.82 Å². The van der Waals surface area contributed by atoms with Crippen molar-refractivity contribution in [1.82, 2.24) is 15.0 Å². The summed E-state index contributed by atoms with van der Waals surface area (Å²) in [4.78, 5) is 13.4. The number of rotatable bonds is 5. The van der Waals surface area contributed by atoms with Crippen LogP contribution in [0.15, 0.2) is 24.4 Å². The molecule has 28 heavy (non-hydrogen) atoms. The van der Waals surface area contributed by atoms with Gasteiger partial charge in [-0.25, -0.2) is 14.4 Å². The van der Waals surface area contributed by atoms with Crippen molar-refractivity contribution in [3.8, 4) is 16.3 Å². The Morgan fingerprint density at radius 2 is 1.89 bits per heavy atom. The van der Waals surface area contributed by atoms with Gasteiger partial charge in [-0.05, 0) is 31.5 Å². The van der Waals surface area contributed by atoms with E-state index in [0.29, 0.717) is 33.0 Å². The molecule has 2 aromatic carbocycles. The normalized spacial score (nSPS) is 11.5. The zero-order chi connectivity index (χ0) is 19.8. The lowest BCUT2D eigenvalue weighted by Crippen LogP contribution is -1.97. The predicted octanol–water partition coefficient (Wildman–Crippen LogP) is 5.04. The van der Waals surface area contributed by atoms with Gasteiger partial charge in [0.15, 0.2) is 11.6 Å². The Morgan fingerprint density at radius 3 is 2.64 bits per heavy atom. The molecule has 0 unspecified atom stereocenters. The van der Waals surface area contributed by atoms with Gasteiger partial charge < -0.3 is 9.47 Å². The van der Waals surface area contributed by atoms with E-state index in [1.807, 2.05) is 19.1 Å². The molecule has 0 amide bonds. The molecule has 5 nitrogen and oxygen atoms in total. The highest BCUT2D eigenvalue weighted by molar-refractivity contribution is 7.21. The second-order valence-corrected chi connectivity index (χ2v) is 7.31. The van der Waals surface area contributed by atoms with Gasteiger partial charge in [-0.15, -0.1) is 11.3 Å². The third kappa shape index (κ3) is 3.18. The maximum absolute atomic E-state index is 14.5. The third-order valence-electron chi connectivity index (χ3n) is 4.20. The van der Waals surface area contributed by atoms with E-state index in [0.717, 1.165) is 11.1 Å². The summed E-state index contributed by atoms with van der Waals surface area (Å²) in [7, 11) is 1.60. The van der Waals surface area contributed by atoms with Crippen LogP contribution in [0.3, 0.4) is 0 Å². The summed E-state index contributed by atoms with van der Waals surface area (Å²) in [5.41, 5.74) is 3.74. The Labute approximate surface area is 164 Å². The lowest BCUT2D eigenvalue weighted by Gasteiger charge is -2.06. The first kappa shape index (κ1) is 18.6. The number of nitrogens with zero attached hydrogens (tertiary/aromatic N) is 3. The van der Waals surface area contributed by atoms with Crippen LogP contribution >= 0.6 is 11.3 Å². The van der Waals surface area contributed by atoms with Crippen molar-refractivity contribution in [2.45, 2.75) is 20.5 Å². The molecule has 0 saturated carbocycles. The number of hydrogen-bond donors (Lipinski definition) is 0. The first-order chi connectivity index (χ1) is 13.5. The highest BCUT2D eigenvalue weighted by Gasteiger charge is 2.20. The van der Waals surface area contributed by atoms with E-state index < -0.39 is 11.6 Å². The smallest absolute Gasteiger partial charge is 0.202 e. The minimum atomic E-state index is -1.02. The summed E-state index contributed by atoms with van der Waals surface area (Å²) < 4.78 is 39.5. The quantitative estimate of drug-likeness (QED) is 0.469. The van der Waals surface area contributed by atoms with Crippen LogP contribution in [0.1, 0.15) is 18.2 Å². The maximum atomic E-state index is 14.5. The van der Waals surface area contributed by atoms with Crippen molar-refractivity contribution in [1.29, 1.82) is 0 Å². The predicted molar refractivity (Wildman–Crippen MR) is 105 cm³/mol. The molecule has 0 fully saturated rings. The fraction of sp³-hybridized carbons (Fsp3) is 0.250. The molecule has 144 valence electrons. The van der Waals surface area contributed by atoms with Gasteiger partial charge in [0.05, 0.1) is 40.8 Å². The number of fused-ring (bicyclic) bond motifs is 2. The number of ether oxygens (including phenoxy) is 2. The van der Waals surface area contributed by atoms with Gasteiger partial charge in [0, 0.05) is 18.7 Å². The lowest BCUT2D eigenvalue weighted by atomic mass is 10.1. The number of thiazole rings is 1. The third-order valence-corrected chi connectivity index (χ3v) is 5.23. The second kappa shape index (κ2) is 7.37. The molecule has 0 saturated heterocycles. The molecule has 2 aromatic heterocycles. The summed E-state index contributed by atoms with van der Waals surface area (Å²) in [6.45, 7) is 4.26. The van der Waals surface area contributed by atoms with Gasteiger partial charge in [-0.3, -0.25) is 4.98 Å². The Morgan fingerprint density at radius 1 is 1.07 bits per heavy atom. The van der Waals surface area contributed by atoms with Crippen LogP contribution in [0.2, 0.25) is 0 Å². The molecule has 0 aliphatic carbocycles. The number of benzene rings is 2. The Hall–Kier alpha value is -2.71. The fourth-order valence-corrected chi connectivity index (χ4v) is 4.05. The average molecular weight is 401 g/mol. The Balaban J connectivity index is 1.92. The molecule has 4 aromatic rings. The van der Waals surface area contributed by atoms with Crippen LogP contribution in [0.25, 0.3) is 31.8 Å². The van der Waals surface area contributed by atoms with Crippen LogP contribution in [-0.4, -0.2) is 28.7 Å². The van der Waals surface area contributed by atoms with E-state index >= 15 is 0 Å². The van der Waals surface area contributed by atoms with E-state index in [1.54, 1.807) is 20.2 Å². The average Bonchev–Trinajstić information content (AvgIpc) is 3.09. The minimum Gasteiger partial charge on any atom is -0.491 e. The molecule has 4 rings (SSSR count). The second-order valence-electron chi connectivity index (χ2n) is 6.28. The molecule has 0 spiro atoms. The fourth-order valence-electron chi connectivity index (χ4n) is 3.04. The van der Waals surface area contributed by atoms with Crippen molar-refractivity contribution in [2.24, 2.45) is 0 Å². The van der Waals surface area contributed by atoms with Gasteiger partial charge in [-0.2, -0.15) is 4.39 Å². The van der Waals surface area contributed by atoms with Crippen LogP contribution in [-0.2, 0) is 11.3 Å².